The van der Waals surface area contributed by atoms with E-state index in [4.69, 9.17) is 4.42 Å². The van der Waals surface area contributed by atoms with Crippen LogP contribution in [-0.2, 0) is 4.79 Å². The van der Waals surface area contributed by atoms with Crippen molar-refractivity contribution >= 4 is 17.5 Å². The van der Waals surface area contributed by atoms with Crippen LogP contribution in [0.25, 0.3) is 11.3 Å². The van der Waals surface area contributed by atoms with Gasteiger partial charge in [-0.3, -0.25) is 14.7 Å². The summed E-state index contributed by atoms with van der Waals surface area (Å²) in [6.45, 7) is 1.62. The largest absolute Gasteiger partial charge is 0.472 e. The molecule has 0 spiro atoms. The van der Waals surface area contributed by atoms with Crippen molar-refractivity contribution in [3.05, 3.63) is 60.7 Å². The minimum atomic E-state index is -0.681. The first-order chi connectivity index (χ1) is 11.6. The molecule has 2 aromatic heterocycles. The molecule has 1 aromatic carbocycles. The number of aromatic amines is 1. The number of furan rings is 1. The zero-order valence-electron chi connectivity index (χ0n) is 12.9. The molecule has 0 aliphatic carbocycles. The van der Waals surface area contributed by atoms with Gasteiger partial charge in [-0.1, -0.05) is 12.1 Å². The van der Waals surface area contributed by atoms with E-state index in [0.717, 1.165) is 11.3 Å². The van der Waals surface area contributed by atoms with Gasteiger partial charge >= 0.3 is 0 Å². The van der Waals surface area contributed by atoms with Gasteiger partial charge in [-0.15, -0.1) is 0 Å². The third-order valence-electron chi connectivity index (χ3n) is 3.49. The summed E-state index contributed by atoms with van der Waals surface area (Å²) in [5.74, 6) is -0.665. The molecule has 0 saturated heterocycles. The van der Waals surface area contributed by atoms with Crippen LogP contribution in [0.5, 0.6) is 0 Å². The molecule has 3 rings (SSSR count). The van der Waals surface area contributed by atoms with Crippen LogP contribution >= 0.6 is 0 Å². The maximum atomic E-state index is 12.2. The second kappa shape index (κ2) is 6.82. The van der Waals surface area contributed by atoms with E-state index in [9.17, 15) is 9.59 Å². The van der Waals surface area contributed by atoms with E-state index in [0.29, 0.717) is 11.3 Å². The molecule has 3 N–H and O–H groups in total. The summed E-state index contributed by atoms with van der Waals surface area (Å²) in [5.41, 5.74) is 2.88. The van der Waals surface area contributed by atoms with Crippen molar-refractivity contribution in [3.63, 3.8) is 0 Å². The van der Waals surface area contributed by atoms with Crippen LogP contribution in [0.1, 0.15) is 17.3 Å². The molecule has 7 heteroatoms. The Morgan fingerprint density at radius 3 is 2.58 bits per heavy atom. The lowest BCUT2D eigenvalue weighted by atomic mass is 10.1. The number of benzene rings is 1. The van der Waals surface area contributed by atoms with Gasteiger partial charge in [0.1, 0.15) is 12.3 Å². The molecule has 0 saturated carbocycles. The van der Waals surface area contributed by atoms with Crippen LogP contribution < -0.4 is 10.6 Å². The molecule has 0 aliphatic rings. The average Bonchev–Trinajstić information content (AvgIpc) is 3.29. The molecule has 7 nitrogen and oxygen atoms in total. The van der Waals surface area contributed by atoms with E-state index in [-0.39, 0.29) is 11.8 Å². The van der Waals surface area contributed by atoms with Crippen molar-refractivity contribution in [2.45, 2.75) is 13.0 Å². The Morgan fingerprint density at radius 2 is 1.96 bits per heavy atom. The molecular formula is C17H16N4O3. The number of hydrogen-bond donors (Lipinski definition) is 3. The van der Waals surface area contributed by atoms with Crippen LogP contribution in [0, 0.1) is 0 Å². The van der Waals surface area contributed by atoms with Gasteiger partial charge in [-0.05, 0) is 36.8 Å². The Morgan fingerprint density at radius 1 is 1.17 bits per heavy atom. The van der Waals surface area contributed by atoms with Crippen molar-refractivity contribution in [2.24, 2.45) is 0 Å². The van der Waals surface area contributed by atoms with E-state index in [1.807, 2.05) is 18.2 Å². The molecule has 0 bridgehead atoms. The number of H-pyrrole nitrogens is 1. The molecule has 1 atom stereocenters. The fourth-order valence-corrected chi connectivity index (χ4v) is 2.14. The van der Waals surface area contributed by atoms with Gasteiger partial charge in [-0.2, -0.15) is 5.10 Å². The molecule has 3 aromatic rings. The minimum absolute atomic E-state index is 0.305. The Labute approximate surface area is 138 Å². The highest BCUT2D eigenvalue weighted by atomic mass is 16.3. The number of amides is 2. The maximum Gasteiger partial charge on any atom is 0.255 e. The predicted molar refractivity (Wildman–Crippen MR) is 88.3 cm³/mol. The van der Waals surface area contributed by atoms with Gasteiger partial charge in [-0.25, -0.2) is 0 Å². The Balaban J connectivity index is 1.59. The summed E-state index contributed by atoms with van der Waals surface area (Å²) in [6, 6.07) is 10.0. The van der Waals surface area contributed by atoms with Gasteiger partial charge in [0.2, 0.25) is 5.91 Å². The maximum absolute atomic E-state index is 12.2. The number of nitrogens with one attached hydrogen (secondary N) is 3. The third kappa shape index (κ3) is 3.52. The molecule has 0 unspecified atom stereocenters. The number of carbonyl (C=O) groups is 2. The van der Waals surface area contributed by atoms with Gasteiger partial charge < -0.3 is 15.1 Å². The van der Waals surface area contributed by atoms with E-state index >= 15 is 0 Å². The Kier molecular flexibility index (Phi) is 4.42. The number of carbonyl (C=O) groups excluding carboxylic acids is 2. The highest BCUT2D eigenvalue weighted by molar-refractivity contribution is 6.00. The zero-order valence-corrected chi connectivity index (χ0v) is 12.9. The van der Waals surface area contributed by atoms with Crippen LogP contribution in [0.3, 0.4) is 0 Å². The third-order valence-corrected chi connectivity index (χ3v) is 3.49. The SMILES string of the molecule is C[C@H](NC(=O)c1ccoc1)C(=O)Nc1ccc(-c2ccn[nH]2)cc1. The average molecular weight is 324 g/mol. The predicted octanol–water partition coefficient (Wildman–Crippen LogP) is 2.43. The first-order valence-corrected chi connectivity index (χ1v) is 7.37. The lowest BCUT2D eigenvalue weighted by Gasteiger charge is -2.13. The first kappa shape index (κ1) is 15.5. The quantitative estimate of drug-likeness (QED) is 0.671. The zero-order chi connectivity index (χ0) is 16.9. The number of aromatic nitrogens is 2. The molecular weight excluding hydrogens is 308 g/mol. The fraction of sp³-hybridized carbons (Fsp3) is 0.118. The molecule has 2 heterocycles. The number of nitrogens with zero attached hydrogens (tertiary/aromatic N) is 1. The minimum Gasteiger partial charge on any atom is -0.472 e. The normalized spacial score (nSPS) is 11.7. The van der Waals surface area contributed by atoms with Crippen molar-refractivity contribution in [3.8, 4) is 11.3 Å². The second-order valence-electron chi connectivity index (χ2n) is 5.24. The smallest absolute Gasteiger partial charge is 0.255 e. The molecule has 122 valence electrons. The van der Waals surface area contributed by atoms with E-state index in [2.05, 4.69) is 20.8 Å². The van der Waals surface area contributed by atoms with Crippen LogP contribution in [0.2, 0.25) is 0 Å². The Bertz CT molecular complexity index is 808. The molecule has 2 amide bonds. The van der Waals surface area contributed by atoms with Crippen LogP contribution in [0.4, 0.5) is 5.69 Å². The second-order valence-corrected chi connectivity index (χ2v) is 5.24. The van der Waals surface area contributed by atoms with E-state index in [1.54, 1.807) is 25.3 Å². The highest BCUT2D eigenvalue weighted by Gasteiger charge is 2.17. The highest BCUT2D eigenvalue weighted by Crippen LogP contribution is 2.18. The molecule has 24 heavy (non-hydrogen) atoms. The van der Waals surface area contributed by atoms with Crippen molar-refractivity contribution in [1.82, 2.24) is 15.5 Å². The Hall–Kier alpha value is -3.35. The summed E-state index contributed by atoms with van der Waals surface area (Å²) in [5, 5.41) is 12.1. The van der Waals surface area contributed by atoms with Gasteiger partial charge in [0.05, 0.1) is 17.5 Å². The molecule has 0 radical (unpaired) electrons. The van der Waals surface area contributed by atoms with Gasteiger partial charge in [0, 0.05) is 11.9 Å². The standard InChI is InChI=1S/C17H16N4O3/c1-11(19-17(23)13-7-9-24-10-13)16(22)20-14-4-2-12(3-5-14)15-6-8-18-21-15/h2-11H,1H3,(H,18,21)(H,19,23)(H,20,22)/t11-/m0/s1. The van der Waals surface area contributed by atoms with Gasteiger partial charge in [0.25, 0.3) is 5.91 Å². The van der Waals surface area contributed by atoms with Gasteiger partial charge in [0.15, 0.2) is 0 Å². The topological polar surface area (TPSA) is 100 Å². The summed E-state index contributed by atoms with van der Waals surface area (Å²) in [7, 11) is 0. The van der Waals surface area contributed by atoms with Crippen LogP contribution in [-0.4, -0.2) is 28.1 Å². The molecule has 0 aliphatic heterocycles. The summed E-state index contributed by atoms with van der Waals surface area (Å²) < 4.78 is 4.85. The van der Waals surface area contributed by atoms with E-state index in [1.165, 1.54) is 18.6 Å². The van der Waals surface area contributed by atoms with Crippen LogP contribution in [0.15, 0.2) is 59.5 Å². The number of anilines is 1. The molecule has 0 fully saturated rings. The lowest BCUT2D eigenvalue weighted by molar-refractivity contribution is -0.117. The summed E-state index contributed by atoms with van der Waals surface area (Å²) in [4.78, 5) is 24.1. The lowest BCUT2D eigenvalue weighted by Crippen LogP contribution is -2.41. The fourth-order valence-electron chi connectivity index (χ4n) is 2.14. The monoisotopic (exact) mass is 324 g/mol. The summed E-state index contributed by atoms with van der Waals surface area (Å²) in [6.07, 6.45) is 4.41. The van der Waals surface area contributed by atoms with E-state index < -0.39 is 6.04 Å². The van der Waals surface area contributed by atoms with Crippen molar-refractivity contribution < 1.29 is 14.0 Å². The van der Waals surface area contributed by atoms with Crippen molar-refractivity contribution in [1.29, 1.82) is 0 Å². The summed E-state index contributed by atoms with van der Waals surface area (Å²) >= 11 is 0. The number of hydrogen-bond acceptors (Lipinski definition) is 4. The number of rotatable bonds is 5. The first-order valence-electron chi connectivity index (χ1n) is 7.37. The van der Waals surface area contributed by atoms with Crippen molar-refractivity contribution in [2.75, 3.05) is 5.32 Å².